The minimum atomic E-state index is 0.600. The summed E-state index contributed by atoms with van der Waals surface area (Å²) in [6.07, 6.45) is 8.44. The highest BCUT2D eigenvalue weighted by Gasteiger charge is 2.22. The van der Waals surface area contributed by atoms with Crippen LogP contribution in [0.25, 0.3) is 73.4 Å². The average molecular weight is 724 g/mol. The van der Waals surface area contributed by atoms with Gasteiger partial charge in [-0.3, -0.25) is 0 Å². The Labute approximate surface area is 324 Å². The maximum atomic E-state index is 6.47. The molecule has 0 bridgehead atoms. The zero-order valence-electron chi connectivity index (χ0n) is 30.2. The number of hydrogen-bond donors (Lipinski definition) is 0. The van der Waals surface area contributed by atoms with Gasteiger partial charge in [0.25, 0.3) is 0 Å². The van der Waals surface area contributed by atoms with E-state index in [-0.39, 0.29) is 0 Å². The van der Waals surface area contributed by atoms with Gasteiger partial charge in [0.15, 0.2) is 46.3 Å². The summed E-state index contributed by atoms with van der Waals surface area (Å²) < 4.78 is 12.9. The van der Waals surface area contributed by atoms with Crippen LogP contribution in [0.3, 0.4) is 0 Å². The van der Waals surface area contributed by atoms with E-state index in [1.165, 1.54) is 0 Å². The largest absolute Gasteiger partial charge is 0.449 e. The summed E-state index contributed by atoms with van der Waals surface area (Å²) in [5.41, 5.74) is 9.38. The van der Waals surface area contributed by atoms with Crippen LogP contribution in [0, 0.1) is 0 Å². The van der Waals surface area contributed by atoms with E-state index in [4.69, 9.17) is 34.4 Å². The van der Waals surface area contributed by atoms with E-state index >= 15 is 0 Å². The lowest BCUT2D eigenvalue weighted by Gasteiger charge is -2.22. The number of rotatable bonds is 7. The van der Waals surface area contributed by atoms with E-state index in [0.717, 1.165) is 68.7 Å². The number of fused-ring (bicyclic) bond motifs is 2. The number of nitrogens with zero attached hydrogens (tertiary/aromatic N) is 5. The third kappa shape index (κ3) is 6.63. The highest BCUT2D eigenvalue weighted by Crippen LogP contribution is 2.48. The Balaban J connectivity index is 0.959. The smallest absolute Gasteiger partial charge is 0.170 e. The highest BCUT2D eigenvalue weighted by molar-refractivity contribution is 5.77. The van der Waals surface area contributed by atoms with Crippen LogP contribution in [-0.4, -0.2) is 24.9 Å². The van der Waals surface area contributed by atoms with E-state index in [0.29, 0.717) is 46.3 Å². The van der Waals surface area contributed by atoms with Crippen molar-refractivity contribution in [1.82, 2.24) is 24.9 Å². The van der Waals surface area contributed by atoms with Crippen LogP contribution in [-0.2, 0) is 0 Å². The van der Waals surface area contributed by atoms with Gasteiger partial charge in [-0.05, 0) is 66.4 Å². The van der Waals surface area contributed by atoms with E-state index in [1.54, 1.807) is 0 Å². The van der Waals surface area contributed by atoms with Crippen LogP contribution in [0.5, 0.6) is 23.0 Å². The van der Waals surface area contributed by atoms with Crippen molar-refractivity contribution >= 4 is 5.57 Å². The lowest BCUT2D eigenvalue weighted by atomic mass is 10.0. The van der Waals surface area contributed by atoms with Crippen LogP contribution in [0.15, 0.2) is 176 Å². The second-order valence-corrected chi connectivity index (χ2v) is 13.6. The Kier molecular flexibility index (Phi) is 8.50. The number of ether oxygens (including phenoxy) is 2. The normalized spacial score (nSPS) is 12.8. The van der Waals surface area contributed by atoms with Gasteiger partial charge in [-0.2, -0.15) is 0 Å². The van der Waals surface area contributed by atoms with Gasteiger partial charge in [0.2, 0.25) is 0 Å². The standard InChI is InChI=1S/C49H33N5O2/c1-5-14-32(15-6-1)40-31-41(33-16-7-2-8-17-33)51-48(50-40)39-25-27-43-45(30-39)56-42-26-24-37(29-44(42)55-43)36-22-13-23-38(28-36)49-53-46(34-18-9-3-10-19-34)52-47(54-49)35-20-11-4-12-21-35/h1-3,5-11,13-31H,4,12H2. The highest BCUT2D eigenvalue weighted by atomic mass is 16.6. The first kappa shape index (κ1) is 33.1. The Hall–Kier alpha value is -7.51. The molecule has 56 heavy (non-hydrogen) atoms. The molecule has 2 aromatic heterocycles. The summed E-state index contributed by atoms with van der Waals surface area (Å²) >= 11 is 0. The predicted molar refractivity (Wildman–Crippen MR) is 221 cm³/mol. The third-order valence-electron chi connectivity index (χ3n) is 9.83. The SMILES string of the molecule is C1=CC(c2nc(-c3ccccc3)nc(-c3cccc(-c4ccc5c(c4)Oc4ccc(-c6nc(-c7ccccc7)cc(-c7ccccc7)n6)cc4O5)c3)n2)=CCC1. The van der Waals surface area contributed by atoms with Crippen LogP contribution < -0.4 is 9.47 Å². The summed E-state index contributed by atoms with van der Waals surface area (Å²) in [4.78, 5) is 24.8. The van der Waals surface area contributed by atoms with Gasteiger partial charge in [0.1, 0.15) is 0 Å². The van der Waals surface area contributed by atoms with Gasteiger partial charge in [-0.1, -0.05) is 133 Å². The molecule has 0 unspecified atom stereocenters. The first-order valence-electron chi connectivity index (χ1n) is 18.6. The summed E-state index contributed by atoms with van der Waals surface area (Å²) in [6.45, 7) is 0. The molecule has 0 saturated heterocycles. The molecule has 0 amide bonds. The minimum absolute atomic E-state index is 0.600. The van der Waals surface area contributed by atoms with Gasteiger partial charge in [0, 0.05) is 33.4 Å². The van der Waals surface area contributed by atoms with Gasteiger partial charge >= 0.3 is 0 Å². The molecule has 266 valence electrons. The molecule has 6 aromatic carbocycles. The molecule has 8 aromatic rings. The van der Waals surface area contributed by atoms with Crippen molar-refractivity contribution in [1.29, 1.82) is 0 Å². The first-order chi connectivity index (χ1) is 27.7. The monoisotopic (exact) mass is 723 g/mol. The minimum Gasteiger partial charge on any atom is -0.449 e. The zero-order chi connectivity index (χ0) is 37.3. The van der Waals surface area contributed by atoms with E-state index < -0.39 is 0 Å². The second kappa shape index (κ2) is 14.4. The summed E-state index contributed by atoms with van der Waals surface area (Å²) in [5, 5.41) is 0. The fraction of sp³-hybridized carbons (Fsp3) is 0.0408. The van der Waals surface area contributed by atoms with E-state index in [9.17, 15) is 0 Å². The summed E-state index contributed by atoms with van der Waals surface area (Å²) in [6, 6.07) is 52.5. The predicted octanol–water partition coefficient (Wildman–Crippen LogP) is 12.3. The summed E-state index contributed by atoms with van der Waals surface area (Å²) in [5.74, 6) is 5.01. The Morgan fingerprint density at radius 2 is 0.821 bits per heavy atom. The van der Waals surface area contributed by atoms with E-state index in [1.807, 2.05) is 121 Å². The van der Waals surface area contributed by atoms with Crippen molar-refractivity contribution in [3.8, 4) is 90.8 Å². The molecule has 1 aliphatic heterocycles. The van der Waals surface area contributed by atoms with Gasteiger partial charge in [-0.15, -0.1) is 0 Å². The van der Waals surface area contributed by atoms with Gasteiger partial charge in [0.05, 0.1) is 11.4 Å². The summed E-state index contributed by atoms with van der Waals surface area (Å²) in [7, 11) is 0. The van der Waals surface area contributed by atoms with Gasteiger partial charge < -0.3 is 9.47 Å². The molecule has 0 radical (unpaired) electrons. The maximum Gasteiger partial charge on any atom is 0.170 e. The molecular weight excluding hydrogens is 691 g/mol. The van der Waals surface area contributed by atoms with Crippen molar-refractivity contribution in [2.75, 3.05) is 0 Å². The fourth-order valence-corrected chi connectivity index (χ4v) is 6.96. The van der Waals surface area contributed by atoms with Crippen LogP contribution in [0.1, 0.15) is 18.7 Å². The lowest BCUT2D eigenvalue weighted by Crippen LogP contribution is -2.03. The topological polar surface area (TPSA) is 82.9 Å². The number of hydrogen-bond acceptors (Lipinski definition) is 7. The van der Waals surface area contributed by atoms with Gasteiger partial charge in [-0.25, -0.2) is 24.9 Å². The fourth-order valence-electron chi connectivity index (χ4n) is 6.96. The molecule has 0 atom stereocenters. The first-order valence-corrected chi connectivity index (χ1v) is 18.6. The van der Waals surface area contributed by atoms with Crippen molar-refractivity contribution in [3.05, 3.63) is 182 Å². The molecule has 0 saturated carbocycles. The Morgan fingerprint density at radius 1 is 0.339 bits per heavy atom. The molecule has 7 heteroatoms. The Bertz CT molecular complexity index is 2740. The number of benzene rings is 6. The molecule has 0 spiro atoms. The lowest BCUT2D eigenvalue weighted by molar-refractivity contribution is 0.360. The van der Waals surface area contributed by atoms with Crippen LogP contribution in [0.2, 0.25) is 0 Å². The zero-order valence-corrected chi connectivity index (χ0v) is 30.2. The van der Waals surface area contributed by atoms with Crippen molar-refractivity contribution < 1.29 is 9.47 Å². The molecular formula is C49H33N5O2. The van der Waals surface area contributed by atoms with E-state index in [2.05, 4.69) is 54.6 Å². The molecule has 10 rings (SSSR count). The second-order valence-electron chi connectivity index (χ2n) is 13.6. The number of aromatic nitrogens is 5. The van der Waals surface area contributed by atoms with Crippen molar-refractivity contribution in [2.24, 2.45) is 0 Å². The Morgan fingerprint density at radius 3 is 1.45 bits per heavy atom. The molecule has 0 fully saturated rings. The molecule has 2 aliphatic rings. The molecule has 7 nitrogen and oxygen atoms in total. The van der Waals surface area contributed by atoms with Crippen molar-refractivity contribution in [3.63, 3.8) is 0 Å². The molecule has 0 N–H and O–H groups in total. The molecule has 3 heterocycles. The van der Waals surface area contributed by atoms with Crippen LogP contribution in [0.4, 0.5) is 0 Å². The van der Waals surface area contributed by atoms with Crippen molar-refractivity contribution in [2.45, 2.75) is 12.8 Å². The molecule has 1 aliphatic carbocycles. The number of allylic oxidation sites excluding steroid dienone is 4. The quantitative estimate of drug-likeness (QED) is 0.162. The third-order valence-corrected chi connectivity index (χ3v) is 9.83. The maximum absolute atomic E-state index is 6.47. The van der Waals surface area contributed by atoms with Crippen LogP contribution >= 0.6 is 0 Å². The average Bonchev–Trinajstić information content (AvgIpc) is 3.29.